The minimum absolute atomic E-state index is 0.0967. The Kier molecular flexibility index (Phi) is 6.29. The average molecular weight is 323 g/mol. The summed E-state index contributed by atoms with van der Waals surface area (Å²) in [5.41, 5.74) is -0.749. The highest BCUT2D eigenvalue weighted by Crippen LogP contribution is 2.61. The van der Waals surface area contributed by atoms with Crippen LogP contribution in [0.2, 0.25) is 0 Å². The maximum atomic E-state index is 12.7. The van der Waals surface area contributed by atoms with Crippen LogP contribution < -0.4 is 0 Å². The monoisotopic (exact) mass is 323 g/mol. The van der Waals surface area contributed by atoms with Crippen molar-refractivity contribution in [2.45, 2.75) is 19.5 Å². The van der Waals surface area contributed by atoms with Gasteiger partial charge in [-0.2, -0.15) is 8.42 Å². The summed E-state index contributed by atoms with van der Waals surface area (Å²) in [7, 11) is -8.08. The number of nitrogens with zero attached hydrogens (tertiary/aromatic N) is 1. The van der Waals surface area contributed by atoms with Gasteiger partial charge in [-0.3, -0.25) is 14.1 Å². The van der Waals surface area contributed by atoms with E-state index in [9.17, 15) is 13.0 Å². The van der Waals surface area contributed by atoms with E-state index in [4.69, 9.17) is 13.6 Å². The third-order valence-corrected chi connectivity index (χ3v) is 5.92. The van der Waals surface area contributed by atoms with Crippen molar-refractivity contribution in [3.05, 3.63) is 30.1 Å². The van der Waals surface area contributed by atoms with Crippen LogP contribution in [0.3, 0.4) is 0 Å². The predicted molar refractivity (Wildman–Crippen MR) is 74.3 cm³/mol. The molecule has 0 aliphatic heterocycles. The van der Waals surface area contributed by atoms with E-state index in [0.29, 0.717) is 5.56 Å². The van der Waals surface area contributed by atoms with Crippen molar-refractivity contribution in [1.82, 2.24) is 4.98 Å². The molecule has 1 N–H and O–H groups in total. The molecule has 0 aromatic carbocycles. The van der Waals surface area contributed by atoms with Crippen LogP contribution in [0.15, 0.2) is 24.5 Å². The van der Waals surface area contributed by atoms with Crippen molar-refractivity contribution in [1.29, 1.82) is 0 Å². The molecule has 1 heterocycles. The van der Waals surface area contributed by atoms with Crippen molar-refractivity contribution in [3.8, 4) is 0 Å². The van der Waals surface area contributed by atoms with Gasteiger partial charge in [-0.1, -0.05) is 6.07 Å². The molecule has 9 heteroatoms. The molecule has 1 rings (SSSR count). The van der Waals surface area contributed by atoms with Crippen molar-refractivity contribution >= 4 is 17.7 Å². The summed E-state index contributed by atoms with van der Waals surface area (Å²) in [6.45, 7) is 3.44. The second kappa shape index (κ2) is 7.28. The summed E-state index contributed by atoms with van der Waals surface area (Å²) in [5.74, 6) is -0.754. The highest BCUT2D eigenvalue weighted by Gasteiger charge is 2.39. The van der Waals surface area contributed by atoms with E-state index in [2.05, 4.69) is 4.98 Å². The van der Waals surface area contributed by atoms with Gasteiger partial charge in [-0.05, 0) is 25.5 Å². The van der Waals surface area contributed by atoms with Crippen LogP contribution in [0.25, 0.3) is 0 Å². The first kappa shape index (κ1) is 17.3. The molecule has 0 fully saturated rings. The SMILES string of the molecule is CCOP(=O)(OCC)C(CS(=O)(=O)O)c1cccnc1. The maximum Gasteiger partial charge on any atom is 0.339 e. The van der Waals surface area contributed by atoms with Gasteiger partial charge in [0.15, 0.2) is 0 Å². The third kappa shape index (κ3) is 4.96. The van der Waals surface area contributed by atoms with E-state index in [1.54, 1.807) is 26.0 Å². The second-order valence-corrected chi connectivity index (χ2v) is 7.64. The van der Waals surface area contributed by atoms with Crippen LogP contribution in [-0.2, 0) is 23.7 Å². The van der Waals surface area contributed by atoms with Crippen LogP contribution in [0.1, 0.15) is 25.1 Å². The zero-order valence-electron chi connectivity index (χ0n) is 11.3. The molecule has 1 unspecified atom stereocenters. The van der Waals surface area contributed by atoms with Gasteiger partial charge in [0, 0.05) is 12.4 Å². The fourth-order valence-corrected chi connectivity index (χ4v) is 5.28. The highest BCUT2D eigenvalue weighted by molar-refractivity contribution is 7.86. The van der Waals surface area contributed by atoms with Crippen molar-refractivity contribution in [2.75, 3.05) is 19.0 Å². The Balaban J connectivity index is 3.25. The Hall–Kier alpha value is -0.790. The van der Waals surface area contributed by atoms with Crippen LogP contribution >= 0.6 is 7.60 Å². The van der Waals surface area contributed by atoms with Crippen molar-refractivity contribution < 1.29 is 26.6 Å². The highest BCUT2D eigenvalue weighted by atomic mass is 32.2. The zero-order valence-corrected chi connectivity index (χ0v) is 13.0. The summed E-state index contributed by atoms with van der Waals surface area (Å²) < 4.78 is 54.5. The molecule has 114 valence electrons. The first-order valence-corrected chi connectivity index (χ1v) is 9.28. The Morgan fingerprint density at radius 2 is 1.95 bits per heavy atom. The van der Waals surface area contributed by atoms with Crippen molar-refractivity contribution in [2.24, 2.45) is 0 Å². The van der Waals surface area contributed by atoms with Gasteiger partial charge < -0.3 is 9.05 Å². The molecule has 7 nitrogen and oxygen atoms in total. The van der Waals surface area contributed by atoms with Crippen molar-refractivity contribution in [3.63, 3.8) is 0 Å². The number of pyridine rings is 1. The second-order valence-electron chi connectivity index (χ2n) is 3.93. The summed E-state index contributed by atoms with van der Waals surface area (Å²) in [6.07, 6.45) is 2.88. The third-order valence-electron chi connectivity index (χ3n) is 2.44. The van der Waals surface area contributed by atoms with Gasteiger partial charge in [0.25, 0.3) is 10.1 Å². The van der Waals surface area contributed by atoms with Gasteiger partial charge in [0.05, 0.1) is 19.0 Å². The Morgan fingerprint density at radius 1 is 1.35 bits per heavy atom. The van der Waals surface area contributed by atoms with Gasteiger partial charge in [0.1, 0.15) is 5.66 Å². The first-order valence-electron chi connectivity index (χ1n) is 6.06. The molecule has 0 aliphatic carbocycles. The minimum Gasteiger partial charge on any atom is -0.308 e. The number of aromatic nitrogens is 1. The zero-order chi connectivity index (χ0) is 15.2. The summed E-state index contributed by atoms with van der Waals surface area (Å²) in [4.78, 5) is 3.86. The minimum atomic E-state index is -4.35. The smallest absolute Gasteiger partial charge is 0.308 e. The Bertz CT molecular complexity index is 552. The Morgan fingerprint density at radius 3 is 2.35 bits per heavy atom. The van der Waals surface area contributed by atoms with E-state index in [1.807, 2.05) is 0 Å². The Labute approximate surface area is 118 Å². The molecule has 0 saturated carbocycles. The van der Waals surface area contributed by atoms with Gasteiger partial charge in [-0.15, -0.1) is 0 Å². The maximum absolute atomic E-state index is 12.7. The molecular weight excluding hydrogens is 305 g/mol. The molecule has 1 atom stereocenters. The number of hydrogen-bond acceptors (Lipinski definition) is 6. The molecular formula is C11H18NO6PS. The molecule has 1 aromatic heterocycles. The van der Waals surface area contributed by atoms with E-state index in [0.717, 1.165) is 0 Å². The van der Waals surface area contributed by atoms with Gasteiger partial charge in [0.2, 0.25) is 0 Å². The van der Waals surface area contributed by atoms with Crippen LogP contribution in [0.5, 0.6) is 0 Å². The van der Waals surface area contributed by atoms with Crippen LogP contribution in [0, 0.1) is 0 Å². The van der Waals surface area contributed by atoms with E-state index in [-0.39, 0.29) is 13.2 Å². The molecule has 0 amide bonds. The van der Waals surface area contributed by atoms with Crippen LogP contribution in [0.4, 0.5) is 0 Å². The topological polar surface area (TPSA) is 103 Å². The van der Waals surface area contributed by atoms with Gasteiger partial charge in [-0.25, -0.2) is 0 Å². The van der Waals surface area contributed by atoms with E-state index >= 15 is 0 Å². The molecule has 0 bridgehead atoms. The lowest BCUT2D eigenvalue weighted by molar-refractivity contribution is 0.213. The fraction of sp³-hybridized carbons (Fsp3) is 0.545. The standard InChI is InChI=1S/C11H18NO6PS/c1-3-17-19(13,18-4-2)11(9-20(14,15)16)10-6-5-7-12-8-10/h5-8,11H,3-4,9H2,1-2H3,(H,14,15,16). The fourth-order valence-electron chi connectivity index (χ4n) is 1.72. The van der Waals surface area contributed by atoms with E-state index < -0.39 is 29.1 Å². The van der Waals surface area contributed by atoms with E-state index in [1.165, 1.54) is 12.4 Å². The molecule has 1 aromatic rings. The largest absolute Gasteiger partial charge is 0.339 e. The normalized spacial score (nSPS) is 14.2. The molecule has 0 saturated heterocycles. The molecule has 20 heavy (non-hydrogen) atoms. The van der Waals surface area contributed by atoms with Gasteiger partial charge >= 0.3 is 7.60 Å². The lowest BCUT2D eigenvalue weighted by Crippen LogP contribution is -2.17. The molecule has 0 aliphatic rings. The lowest BCUT2D eigenvalue weighted by Gasteiger charge is -2.25. The summed E-state index contributed by atoms with van der Waals surface area (Å²) in [5, 5.41) is 0. The predicted octanol–water partition coefficient (Wildman–Crippen LogP) is 2.28. The number of rotatable bonds is 8. The first-order chi connectivity index (χ1) is 9.32. The molecule has 0 radical (unpaired) electrons. The lowest BCUT2D eigenvalue weighted by atomic mass is 10.2. The molecule has 0 spiro atoms. The summed E-state index contributed by atoms with van der Waals surface area (Å²) >= 11 is 0. The average Bonchev–Trinajstić information content (AvgIpc) is 2.36. The summed E-state index contributed by atoms with van der Waals surface area (Å²) in [6, 6.07) is 3.14. The van der Waals surface area contributed by atoms with Crippen LogP contribution in [-0.4, -0.2) is 36.9 Å². The number of hydrogen-bond donors (Lipinski definition) is 1. The quantitative estimate of drug-likeness (QED) is 0.578.